The van der Waals surface area contributed by atoms with Crippen LogP contribution in [0.5, 0.6) is 11.5 Å². The van der Waals surface area contributed by atoms with Gasteiger partial charge in [0.05, 0.1) is 72.5 Å². The first-order valence-electron chi connectivity index (χ1n) is 28.1. The third-order valence-corrected chi connectivity index (χ3v) is 14.3. The predicted molar refractivity (Wildman–Crippen MR) is 324 cm³/mol. The van der Waals surface area contributed by atoms with Crippen LogP contribution in [0.15, 0.2) is 146 Å². The third-order valence-electron chi connectivity index (χ3n) is 14.3. The molecule has 2 amide bonds. The minimum atomic E-state index is -1.40. The van der Waals surface area contributed by atoms with Crippen molar-refractivity contribution in [1.82, 2.24) is 19.1 Å². The Labute approximate surface area is 533 Å². The molecule has 8 rings (SSSR count). The van der Waals surface area contributed by atoms with E-state index >= 15 is 0 Å². The molecule has 0 saturated heterocycles. The minimum Gasteiger partial charge on any atom is -0.550 e. The zero-order chi connectivity index (χ0) is 62.2. The summed E-state index contributed by atoms with van der Waals surface area (Å²) in [6.45, 7) is 8.24. The molecule has 4 heterocycles. The van der Waals surface area contributed by atoms with E-state index in [1.165, 1.54) is 38.5 Å². The number of para-hydroxylation sites is 4. The second kappa shape index (κ2) is 32.2. The molecule has 18 nitrogen and oxygen atoms in total. The number of hydrogen-bond acceptors (Lipinski definition) is 14. The normalized spacial score (nSPS) is 12.5. The molecule has 0 aliphatic rings. The van der Waals surface area contributed by atoms with Crippen LogP contribution in [0.2, 0.25) is 0 Å². The van der Waals surface area contributed by atoms with E-state index in [-0.39, 0.29) is 100 Å². The van der Waals surface area contributed by atoms with E-state index < -0.39 is 60.8 Å². The van der Waals surface area contributed by atoms with Crippen LogP contribution in [0.25, 0.3) is 44.8 Å². The summed E-state index contributed by atoms with van der Waals surface area (Å²) in [6, 6.07) is 33.2. The van der Waals surface area contributed by atoms with Gasteiger partial charge in [-0.15, -0.1) is 0 Å². The number of carbonyl (C=O) groups is 4. The average Bonchev–Trinajstić information content (AvgIpc) is 1.67. The van der Waals surface area contributed by atoms with Crippen LogP contribution in [0.1, 0.15) is 110 Å². The number of aliphatic hydroxyl groups is 4. The van der Waals surface area contributed by atoms with Gasteiger partial charge in [0.1, 0.15) is 23.1 Å². The van der Waals surface area contributed by atoms with Crippen molar-refractivity contribution < 1.29 is 68.1 Å². The van der Waals surface area contributed by atoms with E-state index in [2.05, 4.69) is 20.6 Å². The first-order chi connectivity index (χ1) is 41.2. The van der Waals surface area contributed by atoms with E-state index in [1.807, 2.05) is 49.0 Å². The number of aliphatic carboxylic acids is 2. The van der Waals surface area contributed by atoms with Gasteiger partial charge in [-0.3, -0.25) is 19.6 Å². The van der Waals surface area contributed by atoms with Crippen LogP contribution in [0.4, 0.5) is 20.2 Å². The maximum Gasteiger partial charge on any atom is 2.00 e. The quantitative estimate of drug-likeness (QED) is 0.0278. The Morgan fingerprint density at radius 1 is 0.517 bits per heavy atom. The molecule has 0 bridgehead atoms. The molecule has 4 atom stereocenters. The number of nitrogens with zero attached hydrogens (tertiary/aromatic N) is 4. The molecule has 0 fully saturated rings. The number of benzene rings is 4. The summed E-state index contributed by atoms with van der Waals surface area (Å²) in [4.78, 5) is 58.8. The van der Waals surface area contributed by atoms with Gasteiger partial charge >= 0.3 is 37.7 Å². The van der Waals surface area contributed by atoms with E-state index in [0.29, 0.717) is 90.2 Å². The molecule has 0 saturated carbocycles. The number of aliphatic hydroxyl groups excluding tert-OH is 4. The van der Waals surface area contributed by atoms with Crippen molar-refractivity contribution in [1.29, 1.82) is 0 Å². The number of rotatable bonds is 26. The Bertz CT molecular complexity index is 3350. The predicted octanol–water partition coefficient (Wildman–Crippen LogP) is 8.38. The topological polar surface area (TPSA) is 273 Å². The first kappa shape index (κ1) is 68.3. The van der Waals surface area contributed by atoms with Gasteiger partial charge in [-0.1, -0.05) is 64.1 Å². The van der Waals surface area contributed by atoms with Gasteiger partial charge in [0.15, 0.2) is 0 Å². The van der Waals surface area contributed by atoms with Gasteiger partial charge in [-0.25, -0.2) is 8.78 Å². The molecule has 6 N–H and O–H groups in total. The number of aromatic nitrogens is 4. The second-order valence-corrected chi connectivity index (χ2v) is 21.2. The van der Waals surface area contributed by atoms with Gasteiger partial charge < -0.3 is 69.5 Å². The fourth-order valence-electron chi connectivity index (χ4n) is 10.6. The molecular formula is C66H70CaF2N6O12. The van der Waals surface area contributed by atoms with E-state index in [4.69, 9.17) is 9.47 Å². The molecular weight excluding hydrogens is 1150 g/mol. The monoisotopic (exact) mass is 1220 g/mol. The molecule has 0 aliphatic heterocycles. The zero-order valence-electron chi connectivity index (χ0n) is 49.3. The fraction of sp³-hybridized carbons (Fsp3) is 0.303. The summed E-state index contributed by atoms with van der Waals surface area (Å²) in [5.74, 6) is -3.80. The number of hydrogen-bond donors (Lipinski definition) is 6. The maximum absolute atomic E-state index is 14.2. The largest absolute Gasteiger partial charge is 2.00 e. The van der Waals surface area contributed by atoms with Crippen LogP contribution in [-0.2, 0) is 22.7 Å². The molecule has 0 spiro atoms. The first-order valence-corrected chi connectivity index (χ1v) is 28.1. The molecule has 4 aromatic heterocycles. The zero-order valence-corrected chi connectivity index (χ0v) is 51.5. The number of carboxylic acid groups (broad SMARTS) is 2. The Morgan fingerprint density at radius 3 is 1.18 bits per heavy atom. The summed E-state index contributed by atoms with van der Waals surface area (Å²) in [5.41, 5.74) is 8.13. The number of ether oxygens (including phenoxy) is 2. The van der Waals surface area contributed by atoms with Crippen LogP contribution in [0.3, 0.4) is 0 Å². The fourth-order valence-corrected chi connectivity index (χ4v) is 10.6. The summed E-state index contributed by atoms with van der Waals surface area (Å²) in [5, 5.41) is 69.3. The van der Waals surface area contributed by atoms with Crippen molar-refractivity contribution in [2.75, 3.05) is 24.9 Å². The van der Waals surface area contributed by atoms with Gasteiger partial charge in [0.25, 0.3) is 11.8 Å². The Hall–Kier alpha value is -7.82. The molecule has 87 heavy (non-hydrogen) atoms. The van der Waals surface area contributed by atoms with Crippen molar-refractivity contribution in [3.05, 3.63) is 180 Å². The second-order valence-electron chi connectivity index (χ2n) is 21.2. The number of methoxy groups -OCH3 is 2. The van der Waals surface area contributed by atoms with E-state index in [1.54, 1.807) is 110 Å². The number of pyridine rings is 2. The van der Waals surface area contributed by atoms with Crippen LogP contribution in [0, 0.1) is 11.6 Å². The molecule has 0 unspecified atom stereocenters. The molecule has 452 valence electrons. The summed E-state index contributed by atoms with van der Waals surface area (Å²) < 4.78 is 42.9. The molecule has 0 aliphatic carbocycles. The minimum absolute atomic E-state index is 0. The van der Waals surface area contributed by atoms with Gasteiger partial charge in [-0.2, -0.15) is 0 Å². The molecule has 4 aromatic carbocycles. The van der Waals surface area contributed by atoms with Crippen LogP contribution in [-0.4, -0.2) is 140 Å². The molecule has 0 radical (unpaired) electrons. The van der Waals surface area contributed by atoms with Gasteiger partial charge in [0.2, 0.25) is 0 Å². The number of carboxylic acids is 2. The van der Waals surface area contributed by atoms with Gasteiger partial charge in [0, 0.05) is 96.3 Å². The number of carbonyl (C=O) groups excluding carboxylic acids is 4. The number of amides is 2. The van der Waals surface area contributed by atoms with Crippen LogP contribution >= 0.6 is 0 Å². The Kier molecular flexibility index (Phi) is 25.3. The number of nitrogens with one attached hydrogen (secondary N) is 2. The van der Waals surface area contributed by atoms with E-state index in [0.717, 1.165) is 0 Å². The standard InChI is InChI=1S/2C33H36FN3O6.Ca/c2*1-20(2)31-30(33(42)36-26-8-4-5-9-27(26)43-3)29(22-7-6-15-35-19-22)32(21-10-12-23(34)13-11-21)37(31)16-14-24(38)17-25(39)18-28(40)41;/h2*4-13,15,19-20,24-25,38-39H,14,16-18H2,1-3H3,(H,36,42)(H,40,41);/q;;+2/p-2/t2*24-,25-;/m11./s1. The van der Waals surface area contributed by atoms with Crippen molar-refractivity contribution in [2.24, 2.45) is 0 Å². The molecule has 8 aromatic rings. The van der Waals surface area contributed by atoms with E-state index in [9.17, 15) is 58.6 Å². The summed E-state index contributed by atoms with van der Waals surface area (Å²) in [7, 11) is 3.04. The average molecular weight is 1220 g/mol. The Balaban J connectivity index is 0.000000275. The number of anilines is 2. The van der Waals surface area contributed by atoms with Crippen molar-refractivity contribution in [2.45, 2.75) is 116 Å². The van der Waals surface area contributed by atoms with Crippen LogP contribution < -0.4 is 30.3 Å². The summed E-state index contributed by atoms with van der Waals surface area (Å²) in [6.07, 6.45) is 0.768. The Morgan fingerprint density at radius 2 is 0.874 bits per heavy atom. The maximum atomic E-state index is 14.2. The van der Waals surface area contributed by atoms with Gasteiger partial charge in [-0.05, 0) is 134 Å². The third kappa shape index (κ3) is 17.7. The van der Waals surface area contributed by atoms with Crippen molar-refractivity contribution in [3.63, 3.8) is 0 Å². The SMILES string of the molecule is COc1ccccc1NC(=O)c1c(-c2cccnc2)c(-c2ccc(F)cc2)n(CC[C@@H](O)C[C@@H](O)CC(=O)[O-])c1C(C)C.COc1ccccc1NC(=O)c1c(-c2cccnc2)c(-c2ccc(F)cc2)n(CC[C@@H](O)C[C@@H](O)CC(=O)[O-])c1C(C)C.[Ca+2]. The van der Waals surface area contributed by atoms with Crippen molar-refractivity contribution >= 4 is 72.9 Å². The number of halogens is 2. The summed E-state index contributed by atoms with van der Waals surface area (Å²) >= 11 is 0. The van der Waals surface area contributed by atoms with Crippen molar-refractivity contribution in [3.8, 4) is 56.3 Å². The molecule has 21 heteroatoms. The smallest absolute Gasteiger partial charge is 0.550 e.